The molecule has 2 aliphatic rings. The van der Waals surface area contributed by atoms with Gasteiger partial charge in [-0.1, -0.05) is 29.8 Å². The Morgan fingerprint density at radius 3 is 2.72 bits per heavy atom. The maximum atomic E-state index is 12.5. The second kappa shape index (κ2) is 7.52. The van der Waals surface area contributed by atoms with Gasteiger partial charge < -0.3 is 19.4 Å². The molecule has 5 rings (SSSR count). The van der Waals surface area contributed by atoms with Crippen molar-refractivity contribution in [1.29, 1.82) is 0 Å². The average molecular weight is 407 g/mol. The van der Waals surface area contributed by atoms with E-state index in [0.717, 1.165) is 34.9 Å². The Labute approximate surface area is 173 Å². The molecule has 0 radical (unpaired) electrons. The van der Waals surface area contributed by atoms with Crippen LogP contribution >= 0.6 is 11.6 Å². The maximum Gasteiger partial charge on any atom is 0.256 e. The van der Waals surface area contributed by atoms with Crippen molar-refractivity contribution in [1.82, 2.24) is 4.57 Å². The van der Waals surface area contributed by atoms with Gasteiger partial charge in [0.25, 0.3) is 5.91 Å². The summed E-state index contributed by atoms with van der Waals surface area (Å²) in [6.45, 7) is 1.80. The van der Waals surface area contributed by atoms with Gasteiger partial charge in [0.2, 0.25) is 0 Å². The number of epoxide rings is 1. The van der Waals surface area contributed by atoms with Crippen LogP contribution in [-0.4, -0.2) is 29.8 Å². The minimum Gasteiger partial charge on any atom is -0.372 e. The van der Waals surface area contributed by atoms with Crippen LogP contribution in [0.4, 0.5) is 5.69 Å². The number of carbonyl (C=O) groups is 1. The summed E-state index contributed by atoms with van der Waals surface area (Å²) in [5.41, 5.74) is 5.24. The summed E-state index contributed by atoms with van der Waals surface area (Å²) in [6, 6.07) is 19.4. The highest BCUT2D eigenvalue weighted by molar-refractivity contribution is 6.34. The number of amides is 1. The first-order chi connectivity index (χ1) is 14.2. The van der Waals surface area contributed by atoms with Crippen LogP contribution in [0.5, 0.6) is 0 Å². The molecule has 1 amide bonds. The number of fused-ring (bicyclic) bond motifs is 1. The van der Waals surface area contributed by atoms with Gasteiger partial charge >= 0.3 is 0 Å². The molecule has 6 heteroatoms. The molecule has 1 unspecified atom stereocenters. The lowest BCUT2D eigenvalue weighted by molar-refractivity contribution is -0.110. The molecule has 0 spiro atoms. The number of hydrogen-bond acceptors (Lipinski definition) is 3. The molecule has 1 saturated heterocycles. The predicted octanol–water partition coefficient (Wildman–Crippen LogP) is 4.54. The molecular weight excluding hydrogens is 388 g/mol. The van der Waals surface area contributed by atoms with Crippen LogP contribution in [0, 0.1) is 0 Å². The van der Waals surface area contributed by atoms with Crippen molar-refractivity contribution in [2.24, 2.45) is 0 Å². The SMILES string of the molecule is O=C1Nc2ccccc2/C1=C/c1ccc(COCC2CO2)n1-c1ccc(Cl)cc1. The van der Waals surface area contributed by atoms with Gasteiger partial charge in [-0.2, -0.15) is 0 Å². The maximum absolute atomic E-state index is 12.5. The summed E-state index contributed by atoms with van der Waals surface area (Å²) in [5, 5.41) is 3.60. The Hall–Kier alpha value is -2.86. The number of hydrogen-bond donors (Lipinski definition) is 1. The molecule has 2 aliphatic heterocycles. The van der Waals surface area contributed by atoms with Gasteiger partial charge in [-0.25, -0.2) is 0 Å². The summed E-state index contributed by atoms with van der Waals surface area (Å²) in [4.78, 5) is 12.5. The number of benzene rings is 2. The number of nitrogens with zero attached hydrogens (tertiary/aromatic N) is 1. The van der Waals surface area contributed by atoms with E-state index in [-0.39, 0.29) is 12.0 Å². The third-order valence-corrected chi connectivity index (χ3v) is 5.29. The van der Waals surface area contributed by atoms with Crippen molar-refractivity contribution in [3.8, 4) is 5.69 Å². The summed E-state index contributed by atoms with van der Waals surface area (Å²) in [7, 11) is 0. The number of anilines is 1. The molecule has 0 aliphatic carbocycles. The third kappa shape index (κ3) is 3.72. The lowest BCUT2D eigenvalue weighted by Gasteiger charge is -2.13. The number of ether oxygens (including phenoxy) is 2. The molecule has 1 aromatic heterocycles. The zero-order chi connectivity index (χ0) is 19.8. The zero-order valence-corrected chi connectivity index (χ0v) is 16.4. The minimum atomic E-state index is -0.0984. The second-order valence-electron chi connectivity index (χ2n) is 7.09. The summed E-state index contributed by atoms with van der Waals surface area (Å²) in [6.07, 6.45) is 2.14. The first-order valence-electron chi connectivity index (χ1n) is 9.47. The van der Waals surface area contributed by atoms with Gasteiger partial charge in [-0.3, -0.25) is 4.79 Å². The molecule has 1 N–H and O–H groups in total. The first-order valence-corrected chi connectivity index (χ1v) is 9.85. The highest BCUT2D eigenvalue weighted by atomic mass is 35.5. The van der Waals surface area contributed by atoms with E-state index in [1.165, 1.54) is 0 Å². The van der Waals surface area contributed by atoms with Crippen molar-refractivity contribution in [3.63, 3.8) is 0 Å². The van der Waals surface area contributed by atoms with Crippen LogP contribution < -0.4 is 5.32 Å². The van der Waals surface area contributed by atoms with Crippen LogP contribution in [0.15, 0.2) is 60.7 Å². The Morgan fingerprint density at radius 2 is 1.93 bits per heavy atom. The van der Waals surface area contributed by atoms with Gasteiger partial charge in [0, 0.05) is 33.3 Å². The molecule has 3 heterocycles. The third-order valence-electron chi connectivity index (χ3n) is 5.04. The molecular formula is C23H19ClN2O3. The average Bonchev–Trinajstić information content (AvgIpc) is 3.38. The normalized spacial score (nSPS) is 18.7. The van der Waals surface area contributed by atoms with Crippen LogP contribution in [0.25, 0.3) is 17.3 Å². The number of carbonyl (C=O) groups excluding carboxylic acids is 1. The van der Waals surface area contributed by atoms with Gasteiger partial charge in [0.05, 0.1) is 25.4 Å². The molecule has 5 nitrogen and oxygen atoms in total. The smallest absolute Gasteiger partial charge is 0.256 e. The molecule has 1 fully saturated rings. The monoisotopic (exact) mass is 406 g/mol. The lowest BCUT2D eigenvalue weighted by Crippen LogP contribution is -2.08. The van der Waals surface area contributed by atoms with E-state index in [0.29, 0.717) is 23.8 Å². The Balaban J connectivity index is 1.54. The van der Waals surface area contributed by atoms with Crippen LogP contribution in [0.1, 0.15) is 17.0 Å². The fourth-order valence-corrected chi connectivity index (χ4v) is 3.64. The van der Waals surface area contributed by atoms with Crippen molar-refractivity contribution < 1.29 is 14.3 Å². The molecule has 2 aromatic carbocycles. The van der Waals surface area contributed by atoms with E-state index in [9.17, 15) is 4.79 Å². The van der Waals surface area contributed by atoms with Crippen molar-refractivity contribution >= 4 is 34.8 Å². The number of halogens is 1. The molecule has 0 saturated carbocycles. The molecule has 146 valence electrons. The number of rotatable bonds is 6. The second-order valence-corrected chi connectivity index (χ2v) is 7.53. The van der Waals surface area contributed by atoms with E-state index < -0.39 is 0 Å². The zero-order valence-electron chi connectivity index (χ0n) is 15.6. The predicted molar refractivity (Wildman–Crippen MR) is 113 cm³/mol. The minimum absolute atomic E-state index is 0.0984. The van der Waals surface area contributed by atoms with E-state index >= 15 is 0 Å². The van der Waals surface area contributed by atoms with Gasteiger partial charge in [-0.15, -0.1) is 0 Å². The van der Waals surface area contributed by atoms with Gasteiger partial charge in [-0.05, 0) is 48.5 Å². The number of aromatic nitrogens is 1. The van der Waals surface area contributed by atoms with Crippen LogP contribution in [0.2, 0.25) is 5.02 Å². The molecule has 0 bridgehead atoms. The van der Waals surface area contributed by atoms with Crippen molar-refractivity contribution in [2.45, 2.75) is 12.7 Å². The summed E-state index contributed by atoms with van der Waals surface area (Å²) < 4.78 is 13.1. The highest BCUT2D eigenvalue weighted by Crippen LogP contribution is 2.33. The first kappa shape index (κ1) is 18.2. The number of nitrogens with one attached hydrogen (secondary N) is 1. The standard InChI is InChI=1S/C23H19ClN2O3/c24-15-5-7-16(8-6-15)26-17(9-10-18(26)12-28-13-19-14-29-19)11-21-20-3-1-2-4-22(20)25-23(21)27/h1-11,19H,12-14H2,(H,25,27)/b21-11-. The summed E-state index contributed by atoms with van der Waals surface area (Å²) >= 11 is 6.08. The Bertz CT molecular complexity index is 1100. The fourth-order valence-electron chi connectivity index (χ4n) is 3.52. The molecule has 29 heavy (non-hydrogen) atoms. The number of para-hydroxylation sites is 1. The summed E-state index contributed by atoms with van der Waals surface area (Å²) in [5.74, 6) is -0.0984. The Morgan fingerprint density at radius 1 is 1.14 bits per heavy atom. The fraction of sp³-hybridized carbons (Fsp3) is 0.174. The molecule has 3 aromatic rings. The van der Waals surface area contributed by atoms with E-state index in [1.54, 1.807) is 0 Å². The van der Waals surface area contributed by atoms with E-state index in [4.69, 9.17) is 21.1 Å². The van der Waals surface area contributed by atoms with Crippen molar-refractivity contribution in [2.75, 3.05) is 18.5 Å². The quantitative estimate of drug-likeness (QED) is 0.483. The lowest BCUT2D eigenvalue weighted by atomic mass is 10.1. The largest absolute Gasteiger partial charge is 0.372 e. The van der Waals surface area contributed by atoms with E-state index in [2.05, 4.69) is 9.88 Å². The molecule has 1 atom stereocenters. The van der Waals surface area contributed by atoms with Crippen molar-refractivity contribution in [3.05, 3.63) is 82.6 Å². The van der Waals surface area contributed by atoms with Gasteiger partial charge in [0.15, 0.2) is 0 Å². The Kier molecular flexibility index (Phi) is 4.72. The van der Waals surface area contributed by atoms with Crippen LogP contribution in [-0.2, 0) is 20.9 Å². The van der Waals surface area contributed by atoms with Gasteiger partial charge in [0.1, 0.15) is 6.10 Å². The topological polar surface area (TPSA) is 55.8 Å². The van der Waals surface area contributed by atoms with E-state index in [1.807, 2.05) is 66.7 Å². The highest BCUT2D eigenvalue weighted by Gasteiger charge is 2.25. The van der Waals surface area contributed by atoms with Crippen LogP contribution in [0.3, 0.4) is 0 Å².